The predicted octanol–water partition coefficient (Wildman–Crippen LogP) is 0.331. The second-order valence-corrected chi connectivity index (χ2v) is 6.04. The Bertz CT molecular complexity index is 723. The van der Waals surface area contributed by atoms with E-state index in [1.54, 1.807) is 0 Å². The average molecular weight is 339 g/mol. The Morgan fingerprint density at radius 2 is 1.96 bits per heavy atom. The first-order chi connectivity index (χ1) is 12.1. The van der Waals surface area contributed by atoms with E-state index in [-0.39, 0.29) is 11.6 Å². The number of carbonyl (C=O) groups excluding carboxylic acids is 2. The third kappa shape index (κ3) is 4.19. The van der Waals surface area contributed by atoms with Gasteiger partial charge >= 0.3 is 0 Å². The fraction of sp³-hybridized carbons (Fsp3) is 0.333. The second kappa shape index (κ2) is 7.85. The normalized spacial score (nSPS) is 18.1. The van der Waals surface area contributed by atoms with Gasteiger partial charge in [0, 0.05) is 38.6 Å². The molecule has 1 aliphatic rings. The van der Waals surface area contributed by atoms with Gasteiger partial charge in [-0.05, 0) is 12.0 Å². The number of nitrogens with zero attached hydrogens (tertiary/aromatic N) is 4. The van der Waals surface area contributed by atoms with Crippen LogP contribution in [-0.4, -0.2) is 63.8 Å². The summed E-state index contributed by atoms with van der Waals surface area (Å²) in [5.41, 5.74) is 7.02. The molecule has 0 saturated carbocycles. The van der Waals surface area contributed by atoms with Gasteiger partial charge in [-0.2, -0.15) is 0 Å². The van der Waals surface area contributed by atoms with Crippen LogP contribution in [-0.2, 0) is 11.2 Å². The fourth-order valence-electron chi connectivity index (χ4n) is 3.02. The Kier molecular flexibility index (Phi) is 5.35. The van der Waals surface area contributed by atoms with Gasteiger partial charge in [-0.25, -0.2) is 4.98 Å². The van der Waals surface area contributed by atoms with Crippen molar-refractivity contribution >= 4 is 11.8 Å². The highest BCUT2D eigenvalue weighted by molar-refractivity contribution is 5.95. The van der Waals surface area contributed by atoms with E-state index in [0.29, 0.717) is 19.6 Å². The molecule has 1 fully saturated rings. The molecule has 3 rings (SSSR count). The van der Waals surface area contributed by atoms with Crippen molar-refractivity contribution in [1.29, 1.82) is 0 Å². The molecule has 2 heterocycles. The fourth-order valence-corrected chi connectivity index (χ4v) is 3.02. The van der Waals surface area contributed by atoms with Crippen LogP contribution in [0.1, 0.15) is 16.1 Å². The molecule has 1 aromatic carbocycles. The maximum atomic E-state index is 12.6. The van der Waals surface area contributed by atoms with Crippen LogP contribution in [0.25, 0.3) is 0 Å². The lowest BCUT2D eigenvalue weighted by Gasteiger charge is -2.39. The van der Waals surface area contributed by atoms with E-state index in [4.69, 9.17) is 5.73 Å². The van der Waals surface area contributed by atoms with Crippen LogP contribution in [0, 0.1) is 0 Å². The van der Waals surface area contributed by atoms with Crippen molar-refractivity contribution in [1.82, 2.24) is 19.8 Å². The summed E-state index contributed by atoms with van der Waals surface area (Å²) in [6, 6.07) is 9.53. The zero-order chi connectivity index (χ0) is 17.6. The Morgan fingerprint density at radius 1 is 1.16 bits per heavy atom. The maximum absolute atomic E-state index is 12.6. The van der Waals surface area contributed by atoms with Crippen molar-refractivity contribution in [3.05, 3.63) is 60.2 Å². The van der Waals surface area contributed by atoms with Crippen molar-refractivity contribution in [2.75, 3.05) is 26.2 Å². The van der Waals surface area contributed by atoms with Crippen molar-refractivity contribution in [3.63, 3.8) is 0 Å². The molecule has 1 atom stereocenters. The van der Waals surface area contributed by atoms with Gasteiger partial charge in [-0.3, -0.25) is 19.5 Å². The summed E-state index contributed by atoms with van der Waals surface area (Å²) in [6.45, 7) is 2.40. The molecule has 0 radical (unpaired) electrons. The third-order valence-electron chi connectivity index (χ3n) is 4.40. The summed E-state index contributed by atoms with van der Waals surface area (Å²) in [6.07, 6.45) is 5.26. The van der Waals surface area contributed by atoms with E-state index in [9.17, 15) is 9.59 Å². The van der Waals surface area contributed by atoms with Gasteiger partial charge in [-0.15, -0.1) is 0 Å². The molecule has 0 spiro atoms. The third-order valence-corrected chi connectivity index (χ3v) is 4.40. The number of hydrogen-bond donors (Lipinski definition) is 1. The van der Waals surface area contributed by atoms with Crippen molar-refractivity contribution in [2.45, 2.75) is 12.5 Å². The summed E-state index contributed by atoms with van der Waals surface area (Å²) in [5.74, 6) is -0.804. The van der Waals surface area contributed by atoms with E-state index in [1.165, 1.54) is 29.1 Å². The number of hydrogen-bond acceptors (Lipinski definition) is 5. The second-order valence-electron chi connectivity index (χ2n) is 6.04. The number of benzene rings is 1. The van der Waals surface area contributed by atoms with Crippen LogP contribution < -0.4 is 5.73 Å². The van der Waals surface area contributed by atoms with E-state index in [1.807, 2.05) is 18.2 Å². The zero-order valence-corrected chi connectivity index (χ0v) is 13.9. The van der Waals surface area contributed by atoms with Crippen LogP contribution in [0.3, 0.4) is 0 Å². The minimum atomic E-state index is -0.654. The molecule has 1 saturated heterocycles. The van der Waals surface area contributed by atoms with Gasteiger partial charge in [0.1, 0.15) is 11.7 Å². The highest BCUT2D eigenvalue weighted by Crippen LogP contribution is 2.14. The number of carbonyl (C=O) groups is 2. The molecule has 1 aromatic heterocycles. The largest absolute Gasteiger partial charge is 0.368 e. The van der Waals surface area contributed by atoms with Crippen molar-refractivity contribution in [2.24, 2.45) is 5.73 Å². The van der Waals surface area contributed by atoms with Crippen LogP contribution in [0.5, 0.6) is 0 Å². The Morgan fingerprint density at radius 3 is 2.64 bits per heavy atom. The highest BCUT2D eigenvalue weighted by Gasteiger charge is 2.34. The van der Waals surface area contributed by atoms with Gasteiger partial charge in [0.05, 0.1) is 6.20 Å². The van der Waals surface area contributed by atoms with E-state index in [2.05, 4.69) is 27.0 Å². The first-order valence-corrected chi connectivity index (χ1v) is 8.28. The molecule has 130 valence electrons. The van der Waals surface area contributed by atoms with Crippen molar-refractivity contribution in [3.8, 4) is 0 Å². The van der Waals surface area contributed by atoms with Crippen LogP contribution in [0.15, 0.2) is 48.9 Å². The smallest absolute Gasteiger partial charge is 0.274 e. The molecule has 0 aliphatic carbocycles. The van der Waals surface area contributed by atoms with Crippen molar-refractivity contribution < 1.29 is 9.59 Å². The molecule has 2 N–H and O–H groups in total. The monoisotopic (exact) mass is 339 g/mol. The number of primary amides is 1. The molecule has 0 bridgehead atoms. The minimum absolute atomic E-state index is 0.228. The van der Waals surface area contributed by atoms with E-state index >= 15 is 0 Å². The van der Waals surface area contributed by atoms with E-state index in [0.717, 1.165) is 13.0 Å². The van der Waals surface area contributed by atoms with Gasteiger partial charge < -0.3 is 10.6 Å². The topological polar surface area (TPSA) is 92.4 Å². The molecule has 2 aromatic rings. The molecule has 7 heteroatoms. The molecule has 0 unspecified atom stereocenters. The number of piperazine rings is 1. The van der Waals surface area contributed by atoms with Gasteiger partial charge in [0.15, 0.2) is 0 Å². The summed E-state index contributed by atoms with van der Waals surface area (Å²) >= 11 is 0. The summed E-state index contributed by atoms with van der Waals surface area (Å²) in [5, 5.41) is 0. The molecule has 1 aliphatic heterocycles. The number of aromatic nitrogens is 2. The van der Waals surface area contributed by atoms with Gasteiger partial charge in [0.25, 0.3) is 5.91 Å². The maximum Gasteiger partial charge on any atom is 0.274 e. The molecule has 7 nitrogen and oxygen atoms in total. The summed E-state index contributed by atoms with van der Waals surface area (Å²) in [4.78, 5) is 36.1. The lowest BCUT2D eigenvalue weighted by molar-refractivity contribution is -0.124. The summed E-state index contributed by atoms with van der Waals surface area (Å²) < 4.78 is 0. The molecular formula is C18H21N5O2. The van der Waals surface area contributed by atoms with Crippen LogP contribution in [0.2, 0.25) is 0 Å². The number of rotatable bonds is 5. The van der Waals surface area contributed by atoms with Crippen LogP contribution in [0.4, 0.5) is 0 Å². The zero-order valence-electron chi connectivity index (χ0n) is 13.9. The standard InChI is InChI=1S/C18H21N5O2/c19-17(24)16-13-22(9-6-14-4-2-1-3-5-14)10-11-23(16)18(25)15-12-20-7-8-21-15/h1-5,7-8,12,16H,6,9-11,13H2,(H2,19,24)/t16-/m1/s1. The number of nitrogens with two attached hydrogens (primary N) is 1. The first-order valence-electron chi connectivity index (χ1n) is 8.28. The predicted molar refractivity (Wildman–Crippen MR) is 92.6 cm³/mol. The Balaban J connectivity index is 1.64. The lowest BCUT2D eigenvalue weighted by Crippen LogP contribution is -2.60. The van der Waals surface area contributed by atoms with Gasteiger partial charge in [-0.1, -0.05) is 30.3 Å². The quantitative estimate of drug-likeness (QED) is 0.847. The minimum Gasteiger partial charge on any atom is -0.368 e. The average Bonchev–Trinajstić information content (AvgIpc) is 2.67. The van der Waals surface area contributed by atoms with Crippen LogP contribution >= 0.6 is 0 Å². The summed E-state index contributed by atoms with van der Waals surface area (Å²) in [7, 11) is 0. The lowest BCUT2D eigenvalue weighted by atomic mass is 10.1. The first kappa shape index (κ1) is 17.0. The molecule has 25 heavy (non-hydrogen) atoms. The highest BCUT2D eigenvalue weighted by atomic mass is 16.2. The molecule has 2 amide bonds. The SMILES string of the molecule is NC(=O)[C@H]1CN(CCc2ccccc2)CCN1C(=O)c1cnccn1. The van der Waals surface area contributed by atoms with Gasteiger partial charge in [0.2, 0.25) is 5.91 Å². The molecular weight excluding hydrogens is 318 g/mol. The Hall–Kier alpha value is -2.80. The Labute approximate surface area is 146 Å². The number of amides is 2. The van der Waals surface area contributed by atoms with E-state index < -0.39 is 11.9 Å².